The van der Waals surface area contributed by atoms with Crippen LogP contribution in [0.4, 0.5) is 0 Å². The fourth-order valence-corrected chi connectivity index (χ4v) is 1.66. The second-order valence-corrected chi connectivity index (χ2v) is 3.70. The van der Waals surface area contributed by atoms with Crippen molar-refractivity contribution in [2.45, 2.75) is 25.9 Å². The zero-order valence-corrected chi connectivity index (χ0v) is 8.90. The minimum Gasteiger partial charge on any atom is -0.494 e. The smallest absolute Gasteiger partial charge is 0.125 e. The van der Waals surface area contributed by atoms with Crippen molar-refractivity contribution >= 4 is 0 Å². The Morgan fingerprint density at radius 2 is 2.40 bits per heavy atom. The van der Waals surface area contributed by atoms with Crippen LogP contribution in [0.25, 0.3) is 0 Å². The maximum absolute atomic E-state index is 9.78. The highest BCUT2D eigenvalue weighted by Gasteiger charge is 2.19. The molecular formula is C12H16O3. The van der Waals surface area contributed by atoms with Gasteiger partial charge in [-0.25, -0.2) is 0 Å². The monoisotopic (exact) mass is 208 g/mol. The predicted octanol–water partition coefficient (Wildman–Crippen LogP) is 2.29. The number of ether oxygens (including phenoxy) is 2. The van der Waals surface area contributed by atoms with E-state index in [1.54, 1.807) is 0 Å². The van der Waals surface area contributed by atoms with Crippen molar-refractivity contribution in [3.63, 3.8) is 0 Å². The van der Waals surface area contributed by atoms with E-state index < -0.39 is 6.10 Å². The summed E-state index contributed by atoms with van der Waals surface area (Å²) in [5.41, 5.74) is 0.842. The van der Waals surface area contributed by atoms with Crippen molar-refractivity contribution < 1.29 is 14.6 Å². The molecule has 0 radical (unpaired) electrons. The number of benzene rings is 1. The third-order valence-electron chi connectivity index (χ3n) is 2.46. The summed E-state index contributed by atoms with van der Waals surface area (Å²) in [5.74, 6) is 1.58. The van der Waals surface area contributed by atoms with Crippen molar-refractivity contribution in [1.82, 2.24) is 0 Å². The molecule has 1 aromatic carbocycles. The Morgan fingerprint density at radius 1 is 1.53 bits per heavy atom. The van der Waals surface area contributed by atoms with Crippen molar-refractivity contribution in [3.05, 3.63) is 23.8 Å². The van der Waals surface area contributed by atoms with Crippen LogP contribution in [0.5, 0.6) is 11.5 Å². The summed E-state index contributed by atoms with van der Waals surface area (Å²) in [6.07, 6.45) is 1.22. The zero-order chi connectivity index (χ0) is 10.7. The quantitative estimate of drug-likeness (QED) is 0.828. The molecule has 1 aliphatic rings. The molecule has 15 heavy (non-hydrogen) atoms. The lowest BCUT2D eigenvalue weighted by Crippen LogP contribution is -2.13. The molecule has 0 spiro atoms. The lowest BCUT2D eigenvalue weighted by Gasteiger charge is -2.22. The van der Waals surface area contributed by atoms with Gasteiger partial charge in [0.25, 0.3) is 0 Å². The first-order valence-electron chi connectivity index (χ1n) is 5.39. The van der Waals surface area contributed by atoms with Crippen LogP contribution in [0.15, 0.2) is 18.2 Å². The van der Waals surface area contributed by atoms with Crippen LogP contribution in [0, 0.1) is 0 Å². The summed E-state index contributed by atoms with van der Waals surface area (Å²) in [7, 11) is 0. The van der Waals surface area contributed by atoms with E-state index in [0.717, 1.165) is 23.5 Å². The molecule has 2 rings (SSSR count). The predicted molar refractivity (Wildman–Crippen MR) is 57.3 cm³/mol. The molecule has 1 aromatic rings. The first kappa shape index (κ1) is 10.3. The summed E-state index contributed by atoms with van der Waals surface area (Å²) >= 11 is 0. The van der Waals surface area contributed by atoms with E-state index in [1.165, 1.54) is 0 Å². The molecule has 0 aliphatic carbocycles. The normalized spacial score (nSPS) is 19.2. The molecule has 0 bridgehead atoms. The molecule has 1 heterocycles. The molecule has 0 amide bonds. The molecule has 0 unspecified atom stereocenters. The van der Waals surface area contributed by atoms with Gasteiger partial charge in [0.15, 0.2) is 0 Å². The lowest BCUT2D eigenvalue weighted by molar-refractivity contribution is 0.115. The van der Waals surface area contributed by atoms with E-state index in [2.05, 4.69) is 6.92 Å². The van der Waals surface area contributed by atoms with Crippen LogP contribution >= 0.6 is 0 Å². The van der Waals surface area contributed by atoms with Gasteiger partial charge in [-0.3, -0.25) is 0 Å². The number of hydrogen-bond acceptors (Lipinski definition) is 3. The van der Waals surface area contributed by atoms with E-state index in [-0.39, 0.29) is 0 Å². The minimum absolute atomic E-state index is 0.418. The Kier molecular flexibility index (Phi) is 3.11. The molecule has 0 aromatic heterocycles. The van der Waals surface area contributed by atoms with Gasteiger partial charge in [0, 0.05) is 12.0 Å². The summed E-state index contributed by atoms with van der Waals surface area (Å²) in [5, 5.41) is 9.78. The van der Waals surface area contributed by atoms with Crippen molar-refractivity contribution in [1.29, 1.82) is 0 Å². The topological polar surface area (TPSA) is 38.7 Å². The Balaban J connectivity index is 2.19. The van der Waals surface area contributed by atoms with Crippen LogP contribution in [0.1, 0.15) is 31.4 Å². The molecule has 0 saturated carbocycles. The van der Waals surface area contributed by atoms with Gasteiger partial charge in [0.2, 0.25) is 0 Å². The lowest BCUT2D eigenvalue weighted by atomic mass is 10.0. The molecule has 0 saturated heterocycles. The molecule has 3 heteroatoms. The minimum atomic E-state index is -0.418. The Labute approximate surface area is 89.6 Å². The van der Waals surface area contributed by atoms with Gasteiger partial charge in [0.1, 0.15) is 11.5 Å². The van der Waals surface area contributed by atoms with Crippen LogP contribution in [0.2, 0.25) is 0 Å². The number of fused-ring (bicyclic) bond motifs is 1. The van der Waals surface area contributed by atoms with Crippen LogP contribution < -0.4 is 9.47 Å². The van der Waals surface area contributed by atoms with E-state index in [4.69, 9.17) is 9.47 Å². The van der Waals surface area contributed by atoms with Crippen molar-refractivity contribution in [3.8, 4) is 11.5 Å². The largest absolute Gasteiger partial charge is 0.494 e. The highest BCUT2D eigenvalue weighted by Crippen LogP contribution is 2.34. The maximum atomic E-state index is 9.78. The zero-order valence-electron chi connectivity index (χ0n) is 8.90. The highest BCUT2D eigenvalue weighted by atomic mass is 16.5. The summed E-state index contributed by atoms with van der Waals surface area (Å²) in [6.45, 7) is 3.36. The van der Waals surface area contributed by atoms with Crippen LogP contribution in [-0.2, 0) is 0 Å². The molecule has 1 N–H and O–H groups in total. The van der Waals surface area contributed by atoms with E-state index in [9.17, 15) is 5.11 Å². The second-order valence-electron chi connectivity index (χ2n) is 3.70. The standard InChI is InChI=1S/C12H16O3/c1-2-6-14-9-3-4-12-10(8-9)11(13)5-7-15-12/h3-4,8,11,13H,2,5-7H2,1H3/t11-/m0/s1. The molecule has 1 aliphatic heterocycles. The summed E-state index contributed by atoms with van der Waals surface area (Å²) in [6, 6.07) is 5.62. The van der Waals surface area contributed by atoms with Gasteiger partial charge in [-0.2, -0.15) is 0 Å². The van der Waals surface area contributed by atoms with Crippen molar-refractivity contribution in [2.24, 2.45) is 0 Å². The number of aliphatic hydroxyl groups is 1. The molecule has 0 fully saturated rings. The fraction of sp³-hybridized carbons (Fsp3) is 0.500. The maximum Gasteiger partial charge on any atom is 0.125 e. The first-order valence-corrected chi connectivity index (χ1v) is 5.39. The molecule has 3 nitrogen and oxygen atoms in total. The SMILES string of the molecule is CCCOc1ccc2c(c1)[C@@H](O)CCO2. The van der Waals surface area contributed by atoms with Gasteiger partial charge in [-0.15, -0.1) is 0 Å². The van der Waals surface area contributed by atoms with Gasteiger partial charge in [0.05, 0.1) is 19.3 Å². The first-order chi connectivity index (χ1) is 7.31. The van der Waals surface area contributed by atoms with Gasteiger partial charge in [-0.05, 0) is 24.6 Å². The van der Waals surface area contributed by atoms with Crippen molar-refractivity contribution in [2.75, 3.05) is 13.2 Å². The number of hydrogen-bond donors (Lipinski definition) is 1. The third kappa shape index (κ3) is 2.23. The molecule has 1 atom stereocenters. The second kappa shape index (κ2) is 4.53. The van der Waals surface area contributed by atoms with Crippen LogP contribution in [-0.4, -0.2) is 18.3 Å². The van der Waals surface area contributed by atoms with E-state index >= 15 is 0 Å². The average Bonchev–Trinajstić information content (AvgIpc) is 2.27. The Morgan fingerprint density at radius 3 is 3.20 bits per heavy atom. The number of aliphatic hydroxyl groups excluding tert-OH is 1. The van der Waals surface area contributed by atoms with E-state index in [0.29, 0.717) is 19.6 Å². The summed E-state index contributed by atoms with van der Waals surface area (Å²) < 4.78 is 10.9. The van der Waals surface area contributed by atoms with E-state index in [1.807, 2.05) is 18.2 Å². The van der Waals surface area contributed by atoms with Gasteiger partial charge < -0.3 is 14.6 Å². The highest BCUT2D eigenvalue weighted by molar-refractivity contribution is 5.42. The van der Waals surface area contributed by atoms with Crippen LogP contribution in [0.3, 0.4) is 0 Å². The van der Waals surface area contributed by atoms with Gasteiger partial charge >= 0.3 is 0 Å². The average molecular weight is 208 g/mol. The molecule has 82 valence electrons. The summed E-state index contributed by atoms with van der Waals surface area (Å²) in [4.78, 5) is 0. The van der Waals surface area contributed by atoms with Gasteiger partial charge in [-0.1, -0.05) is 6.92 Å². The fourth-order valence-electron chi connectivity index (χ4n) is 1.66. The number of rotatable bonds is 3. The Hall–Kier alpha value is -1.22. The third-order valence-corrected chi connectivity index (χ3v) is 2.46. The molecular weight excluding hydrogens is 192 g/mol. The Bertz CT molecular complexity index is 336.